The molecule has 2 nitrogen and oxygen atoms in total. The maximum Gasteiger partial charge on any atom is 0.252 e. The quantitative estimate of drug-likeness (QED) is 0.121. The number of fused-ring (bicyclic) bond motifs is 20. The monoisotopic (exact) mass is 960 g/mol. The number of rotatable bonds is 6. The lowest BCUT2D eigenvalue weighted by molar-refractivity contribution is 0.511. The van der Waals surface area contributed by atoms with Crippen LogP contribution in [0.1, 0.15) is 65.5 Å². The number of nitrogens with zero attached hydrogens (tertiary/aromatic N) is 2. The van der Waals surface area contributed by atoms with Crippen LogP contribution in [0.5, 0.6) is 0 Å². The van der Waals surface area contributed by atoms with Crippen molar-refractivity contribution in [2.45, 2.75) is 65.2 Å². The summed E-state index contributed by atoms with van der Waals surface area (Å²) in [6, 6.07) is 81.4. The number of hydrogen-bond acceptors (Lipinski definition) is 2. The molecule has 0 aromatic heterocycles. The SMILES string of the molecule is CCC(C)(C)c1cc2c(c3ccccc13)N(c1ccc3c4ccccc4c4ccccc4c3c1)c1cccc3c1B2c1cc(C(C)(C)CC)c2ccccc2c1N3c1ccc2c3ccccc3c3ccccc3c2c1. The first-order chi connectivity index (χ1) is 36.6. The second-order valence-electron chi connectivity index (χ2n) is 22.7. The fourth-order valence-electron chi connectivity index (χ4n) is 13.8. The Balaban J connectivity index is 1.10. The van der Waals surface area contributed by atoms with Crippen LogP contribution < -0.4 is 26.2 Å². The third kappa shape index (κ3) is 6.16. The van der Waals surface area contributed by atoms with Crippen molar-refractivity contribution in [1.82, 2.24) is 0 Å². The Morgan fingerprint density at radius 3 is 0.933 bits per heavy atom. The lowest BCUT2D eigenvalue weighted by Crippen LogP contribution is -2.61. The molecular weight excluding hydrogens is 904 g/mol. The Hall–Kier alpha value is -8.40. The molecule has 0 fully saturated rings. The maximum atomic E-state index is 2.65. The molecular formula is C72H57BN2. The Morgan fingerprint density at radius 1 is 0.307 bits per heavy atom. The van der Waals surface area contributed by atoms with E-state index in [0.717, 1.165) is 24.2 Å². The van der Waals surface area contributed by atoms with Crippen molar-refractivity contribution in [2.24, 2.45) is 0 Å². The van der Waals surface area contributed by atoms with E-state index in [4.69, 9.17) is 0 Å². The molecule has 0 saturated carbocycles. The maximum absolute atomic E-state index is 2.65. The Bertz CT molecular complexity index is 4240. The van der Waals surface area contributed by atoms with E-state index >= 15 is 0 Å². The fourth-order valence-corrected chi connectivity index (χ4v) is 13.8. The predicted octanol–water partition coefficient (Wildman–Crippen LogP) is 18.4. The zero-order valence-electron chi connectivity index (χ0n) is 43.6. The zero-order chi connectivity index (χ0) is 50.5. The first-order valence-electron chi connectivity index (χ1n) is 27.2. The highest BCUT2D eigenvalue weighted by Gasteiger charge is 2.46. The highest BCUT2D eigenvalue weighted by Crippen LogP contribution is 2.51. The van der Waals surface area contributed by atoms with E-state index in [9.17, 15) is 0 Å². The zero-order valence-corrected chi connectivity index (χ0v) is 43.6. The van der Waals surface area contributed by atoms with Crippen LogP contribution in [0.25, 0.3) is 86.2 Å². The summed E-state index contributed by atoms with van der Waals surface area (Å²) in [4.78, 5) is 5.31. The van der Waals surface area contributed by atoms with E-state index in [-0.39, 0.29) is 17.5 Å². The summed E-state index contributed by atoms with van der Waals surface area (Å²) in [5, 5.41) is 20.6. The van der Waals surface area contributed by atoms with E-state index < -0.39 is 0 Å². The van der Waals surface area contributed by atoms with E-state index in [1.54, 1.807) is 0 Å². The van der Waals surface area contributed by atoms with Crippen LogP contribution in [-0.4, -0.2) is 6.71 Å². The second kappa shape index (κ2) is 16.1. The first kappa shape index (κ1) is 44.1. The average molecular weight is 961 g/mol. The molecule has 0 unspecified atom stereocenters. The van der Waals surface area contributed by atoms with E-state index in [1.165, 1.54) is 136 Å². The highest BCUT2D eigenvalue weighted by molar-refractivity contribution is 7.01. The molecule has 0 amide bonds. The van der Waals surface area contributed by atoms with Gasteiger partial charge in [-0.15, -0.1) is 0 Å². The van der Waals surface area contributed by atoms with Crippen molar-refractivity contribution in [1.29, 1.82) is 0 Å². The number of anilines is 6. The van der Waals surface area contributed by atoms with Crippen LogP contribution in [0, 0.1) is 0 Å². The topological polar surface area (TPSA) is 6.48 Å². The van der Waals surface area contributed by atoms with Gasteiger partial charge in [-0.2, -0.15) is 0 Å². The largest absolute Gasteiger partial charge is 0.311 e. The highest BCUT2D eigenvalue weighted by atomic mass is 15.2. The van der Waals surface area contributed by atoms with Gasteiger partial charge in [-0.25, -0.2) is 0 Å². The van der Waals surface area contributed by atoms with E-state index in [0.29, 0.717) is 0 Å². The Labute approximate surface area is 439 Å². The molecule has 75 heavy (non-hydrogen) atoms. The first-order valence-corrected chi connectivity index (χ1v) is 27.2. The van der Waals surface area contributed by atoms with Crippen LogP contribution in [0.2, 0.25) is 0 Å². The number of hydrogen-bond donors (Lipinski definition) is 0. The fraction of sp³-hybridized carbons (Fsp3) is 0.139. The molecule has 13 aromatic rings. The van der Waals surface area contributed by atoms with Crippen molar-refractivity contribution in [3.63, 3.8) is 0 Å². The predicted molar refractivity (Wildman–Crippen MR) is 327 cm³/mol. The molecule has 358 valence electrons. The molecule has 15 rings (SSSR count). The van der Waals surface area contributed by atoms with Crippen LogP contribution in [0.3, 0.4) is 0 Å². The van der Waals surface area contributed by atoms with Crippen molar-refractivity contribution < 1.29 is 0 Å². The summed E-state index contributed by atoms with van der Waals surface area (Å²) in [6.07, 6.45) is 2.04. The molecule has 13 aromatic carbocycles. The summed E-state index contributed by atoms with van der Waals surface area (Å²) >= 11 is 0. The molecule has 0 saturated heterocycles. The van der Waals surface area contributed by atoms with Crippen molar-refractivity contribution >= 4 is 143 Å². The van der Waals surface area contributed by atoms with Crippen LogP contribution in [0.4, 0.5) is 34.1 Å². The summed E-state index contributed by atoms with van der Waals surface area (Å²) in [5.41, 5.74) is 14.0. The van der Waals surface area contributed by atoms with E-state index in [1.807, 2.05) is 0 Å². The average Bonchev–Trinajstić information content (AvgIpc) is 3.57. The summed E-state index contributed by atoms with van der Waals surface area (Å²) in [7, 11) is 0. The number of benzene rings is 13. The third-order valence-electron chi connectivity index (χ3n) is 18.2. The van der Waals surface area contributed by atoms with Crippen LogP contribution in [-0.2, 0) is 10.8 Å². The molecule has 0 radical (unpaired) electrons. The van der Waals surface area contributed by atoms with Gasteiger partial charge in [0.25, 0.3) is 6.71 Å². The lowest BCUT2D eigenvalue weighted by Gasteiger charge is -2.46. The third-order valence-corrected chi connectivity index (χ3v) is 18.2. The molecule has 0 spiro atoms. The van der Waals surface area contributed by atoms with Gasteiger partial charge in [0, 0.05) is 44.9 Å². The van der Waals surface area contributed by atoms with Crippen molar-refractivity contribution in [3.05, 3.63) is 223 Å². The Morgan fingerprint density at radius 2 is 0.600 bits per heavy atom. The van der Waals surface area contributed by atoms with Crippen molar-refractivity contribution in [2.75, 3.05) is 9.80 Å². The minimum absolute atomic E-state index is 0.0591. The summed E-state index contributed by atoms with van der Waals surface area (Å²) in [6.45, 7) is 14.4. The molecule has 3 heteroatoms. The normalized spacial score (nSPS) is 13.5. The minimum Gasteiger partial charge on any atom is -0.311 e. The van der Waals surface area contributed by atoms with Gasteiger partial charge >= 0.3 is 0 Å². The van der Waals surface area contributed by atoms with Crippen LogP contribution >= 0.6 is 0 Å². The molecule has 0 bridgehead atoms. The van der Waals surface area contributed by atoms with Gasteiger partial charge < -0.3 is 9.80 Å². The van der Waals surface area contributed by atoms with Gasteiger partial charge in [-0.3, -0.25) is 0 Å². The summed E-state index contributed by atoms with van der Waals surface area (Å²) < 4.78 is 0. The van der Waals surface area contributed by atoms with Gasteiger partial charge in [0.05, 0.1) is 0 Å². The molecule has 2 aliphatic rings. The molecule has 0 aliphatic carbocycles. The van der Waals surface area contributed by atoms with Gasteiger partial charge in [0.2, 0.25) is 0 Å². The lowest BCUT2D eigenvalue weighted by atomic mass is 9.32. The van der Waals surface area contributed by atoms with Gasteiger partial charge in [-0.1, -0.05) is 217 Å². The molecule has 2 heterocycles. The molecule has 0 atom stereocenters. The second-order valence-corrected chi connectivity index (χ2v) is 22.7. The van der Waals surface area contributed by atoms with Crippen LogP contribution in [0.15, 0.2) is 212 Å². The summed E-state index contributed by atoms with van der Waals surface area (Å²) in [5.74, 6) is 0. The van der Waals surface area contributed by atoms with Gasteiger partial charge in [-0.05, 0) is 163 Å². The van der Waals surface area contributed by atoms with E-state index in [2.05, 4.69) is 264 Å². The van der Waals surface area contributed by atoms with Gasteiger partial charge in [0.15, 0.2) is 0 Å². The Kier molecular flexibility index (Phi) is 9.44. The minimum atomic E-state index is -0.0809. The van der Waals surface area contributed by atoms with Crippen molar-refractivity contribution in [3.8, 4) is 0 Å². The molecule has 0 N–H and O–H groups in total. The smallest absolute Gasteiger partial charge is 0.252 e. The molecule has 2 aliphatic heterocycles. The standard InChI is InChI=1S/C72H57BN2/c1-7-71(3,4)62-42-64-69(58-32-19-17-30-56(58)62)74(44-36-38-54-50-26-11-9-22-46(50)48-24-13-15-28-52(48)60(54)40-44)66-34-21-35-67-68(66)73(64)65-43-63(72(5,6)8-2)57-31-18-20-33-59(57)70(65)75(67)45-37-39-55-51-27-12-10-23-47(51)49-25-14-16-29-53(49)61(55)41-45/h9-43H,7-8H2,1-6H3. The van der Waals surface area contributed by atoms with Gasteiger partial charge in [0.1, 0.15) is 0 Å².